The fourth-order valence-electron chi connectivity index (χ4n) is 0.295. The minimum Gasteiger partial charge on any atom is -0.466 e. The number of carbonyl (C=O) groups is 1. The molecule has 0 aromatic heterocycles. The highest BCUT2D eigenvalue weighted by molar-refractivity contribution is 5.65. The van der Waals surface area contributed by atoms with E-state index in [9.17, 15) is 4.79 Å². The zero-order chi connectivity index (χ0) is 9.11. The summed E-state index contributed by atoms with van der Waals surface area (Å²) in [5.74, 6) is -0.211. The first kappa shape index (κ1) is 13.0. The number of ether oxygens (including phenoxy) is 1. The number of esters is 1. The molecule has 0 saturated carbocycles. The topological polar surface area (TPSA) is 72.5 Å². The molecular weight excluding hydrogens is 146 g/mol. The van der Waals surface area contributed by atoms with Crippen LogP contribution in [0, 0.1) is 0 Å². The molecule has 3 N–H and O–H groups in total. The normalized spacial score (nSPS) is 8.00. The number of aliphatic hydroxyl groups is 1. The van der Waals surface area contributed by atoms with Crippen LogP contribution >= 0.6 is 0 Å². The Bertz CT molecular complexity index is 83.8. The molecule has 0 amide bonds. The summed E-state index contributed by atoms with van der Waals surface area (Å²) < 4.78 is 4.40. The Kier molecular flexibility index (Phi) is 14.3. The number of carbonyl (C=O) groups excluding carboxylic acids is 1. The van der Waals surface area contributed by atoms with Gasteiger partial charge < -0.3 is 15.6 Å². The van der Waals surface area contributed by atoms with Gasteiger partial charge >= 0.3 is 5.97 Å². The number of hydrogen-bond donors (Lipinski definition) is 2. The number of hydrogen-bond acceptors (Lipinski definition) is 4. The fourth-order valence-corrected chi connectivity index (χ4v) is 0.295. The number of nitrogens with two attached hydrogens (primary N) is 1. The van der Waals surface area contributed by atoms with Crippen LogP contribution in [0.1, 0.15) is 20.3 Å². The SMILES string of the molecule is CCOC(C)=O.NCCCO. The summed E-state index contributed by atoms with van der Waals surface area (Å²) in [5.41, 5.74) is 4.98. The van der Waals surface area contributed by atoms with Gasteiger partial charge in [-0.3, -0.25) is 4.79 Å². The van der Waals surface area contributed by atoms with Crippen molar-refractivity contribution in [2.24, 2.45) is 5.73 Å². The summed E-state index contributed by atoms with van der Waals surface area (Å²) in [5, 5.41) is 7.99. The Morgan fingerprint density at radius 2 is 2.18 bits per heavy atom. The van der Waals surface area contributed by atoms with Crippen molar-refractivity contribution in [3.63, 3.8) is 0 Å². The average molecular weight is 163 g/mol. The van der Waals surface area contributed by atoms with Crippen LogP contribution in [-0.4, -0.2) is 30.8 Å². The van der Waals surface area contributed by atoms with Crippen molar-refractivity contribution in [1.29, 1.82) is 0 Å². The van der Waals surface area contributed by atoms with E-state index in [4.69, 9.17) is 10.8 Å². The van der Waals surface area contributed by atoms with Gasteiger partial charge in [0, 0.05) is 13.5 Å². The van der Waals surface area contributed by atoms with Gasteiger partial charge in [0.2, 0.25) is 0 Å². The Hall–Kier alpha value is -0.610. The molecule has 0 rings (SSSR count). The first-order chi connectivity index (χ1) is 5.18. The lowest BCUT2D eigenvalue weighted by atomic mass is 10.5. The molecule has 0 heterocycles. The molecule has 0 aromatic carbocycles. The quantitative estimate of drug-likeness (QED) is 0.570. The summed E-state index contributed by atoms with van der Waals surface area (Å²) in [6.45, 7) is 4.47. The minimum atomic E-state index is -0.211. The molecule has 4 nitrogen and oxygen atoms in total. The monoisotopic (exact) mass is 163 g/mol. The van der Waals surface area contributed by atoms with Gasteiger partial charge in [-0.2, -0.15) is 0 Å². The maximum absolute atomic E-state index is 9.82. The lowest BCUT2D eigenvalue weighted by molar-refractivity contribution is -0.140. The second kappa shape index (κ2) is 12.1. The zero-order valence-electron chi connectivity index (χ0n) is 7.17. The summed E-state index contributed by atoms with van der Waals surface area (Å²) >= 11 is 0. The maximum Gasteiger partial charge on any atom is 0.302 e. The van der Waals surface area contributed by atoms with Crippen molar-refractivity contribution >= 4 is 5.97 Å². The standard InChI is InChI=1S/C4H8O2.C3H9NO/c1-3-6-4(2)5;4-2-1-3-5/h3H2,1-2H3;5H,1-4H2. The molecule has 11 heavy (non-hydrogen) atoms. The van der Waals surface area contributed by atoms with Crippen LogP contribution in [0.25, 0.3) is 0 Å². The highest BCUT2D eigenvalue weighted by Gasteiger charge is 1.81. The number of rotatable bonds is 3. The van der Waals surface area contributed by atoms with Crippen molar-refractivity contribution < 1.29 is 14.6 Å². The summed E-state index contributed by atoms with van der Waals surface area (Å²) in [7, 11) is 0. The third-order valence-corrected chi connectivity index (χ3v) is 0.710. The predicted molar refractivity (Wildman–Crippen MR) is 43.1 cm³/mol. The van der Waals surface area contributed by atoms with Crippen LogP contribution in [-0.2, 0) is 9.53 Å². The van der Waals surface area contributed by atoms with E-state index >= 15 is 0 Å². The van der Waals surface area contributed by atoms with Crippen LogP contribution < -0.4 is 5.73 Å². The molecule has 68 valence electrons. The summed E-state index contributed by atoms with van der Waals surface area (Å²) in [6.07, 6.45) is 0.722. The van der Waals surface area contributed by atoms with E-state index < -0.39 is 0 Å². The van der Waals surface area contributed by atoms with E-state index in [1.807, 2.05) is 0 Å². The maximum atomic E-state index is 9.82. The highest BCUT2D eigenvalue weighted by Crippen LogP contribution is 1.69. The van der Waals surface area contributed by atoms with Gasteiger partial charge in [-0.05, 0) is 19.9 Å². The van der Waals surface area contributed by atoms with E-state index in [2.05, 4.69) is 4.74 Å². The molecule has 0 spiro atoms. The third-order valence-electron chi connectivity index (χ3n) is 0.710. The van der Waals surface area contributed by atoms with Crippen LogP contribution in [0.2, 0.25) is 0 Å². The molecule has 0 fully saturated rings. The molecule has 0 atom stereocenters. The lowest BCUT2D eigenvalue weighted by Crippen LogP contribution is -1.99. The smallest absolute Gasteiger partial charge is 0.302 e. The van der Waals surface area contributed by atoms with Gasteiger partial charge in [-0.25, -0.2) is 0 Å². The van der Waals surface area contributed by atoms with Gasteiger partial charge in [-0.15, -0.1) is 0 Å². The van der Waals surface area contributed by atoms with E-state index in [1.54, 1.807) is 6.92 Å². The van der Waals surface area contributed by atoms with Crippen molar-refractivity contribution in [3.8, 4) is 0 Å². The second-order valence-electron chi connectivity index (χ2n) is 1.79. The molecule has 0 aliphatic heterocycles. The Morgan fingerprint density at radius 1 is 1.64 bits per heavy atom. The molecule has 0 aliphatic carbocycles. The van der Waals surface area contributed by atoms with Gasteiger partial charge in [0.05, 0.1) is 6.61 Å². The first-order valence-corrected chi connectivity index (χ1v) is 3.63. The fraction of sp³-hybridized carbons (Fsp3) is 0.857. The molecule has 0 aromatic rings. The van der Waals surface area contributed by atoms with Crippen molar-refractivity contribution in [2.75, 3.05) is 19.8 Å². The second-order valence-corrected chi connectivity index (χ2v) is 1.79. The van der Waals surface area contributed by atoms with Gasteiger partial charge in [0.25, 0.3) is 0 Å². The summed E-state index contributed by atoms with van der Waals surface area (Å²) in [6, 6.07) is 0. The van der Waals surface area contributed by atoms with E-state index in [0.717, 1.165) is 6.42 Å². The average Bonchev–Trinajstić information content (AvgIpc) is 1.90. The molecular formula is C7H17NO3. The molecule has 0 unspecified atom stereocenters. The molecule has 0 aliphatic rings. The Balaban J connectivity index is 0. The van der Waals surface area contributed by atoms with Crippen LogP contribution in [0.15, 0.2) is 0 Å². The largest absolute Gasteiger partial charge is 0.466 e. The Morgan fingerprint density at radius 3 is 2.18 bits per heavy atom. The van der Waals surface area contributed by atoms with Gasteiger partial charge in [-0.1, -0.05) is 0 Å². The van der Waals surface area contributed by atoms with Crippen LogP contribution in [0.4, 0.5) is 0 Å². The van der Waals surface area contributed by atoms with Crippen LogP contribution in [0.5, 0.6) is 0 Å². The zero-order valence-corrected chi connectivity index (χ0v) is 7.17. The minimum absolute atomic E-state index is 0.211. The van der Waals surface area contributed by atoms with E-state index in [1.165, 1.54) is 6.92 Å². The third kappa shape index (κ3) is 26.6. The molecule has 4 heteroatoms. The molecule has 0 saturated heterocycles. The summed E-state index contributed by atoms with van der Waals surface area (Å²) in [4.78, 5) is 9.82. The van der Waals surface area contributed by atoms with Crippen molar-refractivity contribution in [1.82, 2.24) is 0 Å². The van der Waals surface area contributed by atoms with Crippen LogP contribution in [0.3, 0.4) is 0 Å². The van der Waals surface area contributed by atoms with Gasteiger partial charge in [0.1, 0.15) is 0 Å². The highest BCUT2D eigenvalue weighted by atomic mass is 16.5. The number of aliphatic hydroxyl groups excluding tert-OH is 1. The van der Waals surface area contributed by atoms with Gasteiger partial charge in [0.15, 0.2) is 0 Å². The van der Waals surface area contributed by atoms with E-state index in [0.29, 0.717) is 13.2 Å². The lowest BCUT2D eigenvalue weighted by Gasteiger charge is -1.89. The van der Waals surface area contributed by atoms with Crippen molar-refractivity contribution in [2.45, 2.75) is 20.3 Å². The first-order valence-electron chi connectivity index (χ1n) is 3.63. The Labute approximate surface area is 67.3 Å². The van der Waals surface area contributed by atoms with Crippen molar-refractivity contribution in [3.05, 3.63) is 0 Å². The predicted octanol–water partition coefficient (Wildman–Crippen LogP) is -0.103. The molecule has 0 radical (unpaired) electrons. The molecule has 0 bridgehead atoms. The van der Waals surface area contributed by atoms with E-state index in [-0.39, 0.29) is 12.6 Å².